The number of alkyl halides is 3. The van der Waals surface area contributed by atoms with Crippen molar-refractivity contribution in [2.24, 2.45) is 0 Å². The molecule has 0 radical (unpaired) electrons. The van der Waals surface area contributed by atoms with Gasteiger partial charge in [0.25, 0.3) is 5.91 Å². The van der Waals surface area contributed by atoms with E-state index in [4.69, 9.17) is 11.6 Å². The van der Waals surface area contributed by atoms with Gasteiger partial charge in [-0.15, -0.1) is 0 Å². The molecule has 0 saturated carbocycles. The van der Waals surface area contributed by atoms with Crippen LogP contribution in [0.4, 0.5) is 13.2 Å². The summed E-state index contributed by atoms with van der Waals surface area (Å²) in [7, 11) is 0. The molecule has 10 heteroatoms. The van der Waals surface area contributed by atoms with Gasteiger partial charge in [0.15, 0.2) is 5.69 Å². The highest BCUT2D eigenvalue weighted by Gasteiger charge is 2.41. The van der Waals surface area contributed by atoms with Gasteiger partial charge < -0.3 is 10.6 Å². The van der Waals surface area contributed by atoms with Gasteiger partial charge >= 0.3 is 6.18 Å². The number of nitrogens with zero attached hydrogens (tertiary/aromatic N) is 2. The Kier molecular flexibility index (Phi) is 4.90. The highest BCUT2D eigenvalue weighted by molar-refractivity contribution is 6.30. The zero-order chi connectivity index (χ0) is 18.9. The van der Waals surface area contributed by atoms with Crippen molar-refractivity contribution in [3.05, 3.63) is 46.7 Å². The Labute approximate surface area is 151 Å². The Morgan fingerprint density at radius 3 is 2.77 bits per heavy atom. The lowest BCUT2D eigenvalue weighted by atomic mass is 10.1. The smallest absolute Gasteiger partial charge is 0.354 e. The van der Waals surface area contributed by atoms with E-state index in [-0.39, 0.29) is 29.6 Å². The third kappa shape index (κ3) is 3.82. The molecule has 2 heterocycles. The number of hydrogen-bond acceptors (Lipinski definition) is 3. The van der Waals surface area contributed by atoms with Gasteiger partial charge in [-0.3, -0.25) is 9.59 Å². The van der Waals surface area contributed by atoms with Crippen molar-refractivity contribution in [2.75, 3.05) is 6.54 Å². The van der Waals surface area contributed by atoms with Crippen LogP contribution in [0.15, 0.2) is 30.5 Å². The lowest BCUT2D eigenvalue weighted by Gasteiger charge is -2.23. The molecule has 1 aliphatic rings. The Hall–Kier alpha value is -2.55. The molecule has 138 valence electrons. The van der Waals surface area contributed by atoms with E-state index in [1.165, 1.54) is 24.3 Å². The van der Waals surface area contributed by atoms with Gasteiger partial charge in [0.05, 0.1) is 17.4 Å². The molecule has 0 aliphatic carbocycles. The summed E-state index contributed by atoms with van der Waals surface area (Å²) in [4.78, 5) is 23.5. The number of hydrogen-bond donors (Lipinski definition) is 2. The zero-order valence-corrected chi connectivity index (χ0v) is 14.1. The fourth-order valence-corrected chi connectivity index (χ4v) is 2.89. The van der Waals surface area contributed by atoms with Crippen LogP contribution in [-0.2, 0) is 11.0 Å². The van der Waals surface area contributed by atoms with Crippen LogP contribution in [0.25, 0.3) is 5.69 Å². The monoisotopic (exact) mass is 386 g/mol. The average molecular weight is 387 g/mol. The molecule has 3 rings (SSSR count). The van der Waals surface area contributed by atoms with Crippen LogP contribution in [0.2, 0.25) is 5.02 Å². The molecular formula is C16H14ClF3N4O2. The molecule has 2 aromatic rings. The van der Waals surface area contributed by atoms with Gasteiger partial charge in [0.2, 0.25) is 5.91 Å². The third-order valence-electron chi connectivity index (χ3n) is 3.94. The summed E-state index contributed by atoms with van der Waals surface area (Å²) in [6.45, 7) is 0.175. The topological polar surface area (TPSA) is 76.0 Å². The van der Waals surface area contributed by atoms with E-state index in [2.05, 4.69) is 15.7 Å². The van der Waals surface area contributed by atoms with E-state index >= 15 is 0 Å². The van der Waals surface area contributed by atoms with Crippen molar-refractivity contribution in [1.82, 2.24) is 20.4 Å². The Morgan fingerprint density at radius 2 is 2.15 bits per heavy atom. The van der Waals surface area contributed by atoms with E-state index in [0.717, 1.165) is 6.20 Å². The highest BCUT2D eigenvalue weighted by atomic mass is 35.5. The second-order valence-corrected chi connectivity index (χ2v) is 6.25. The molecule has 1 aromatic carbocycles. The molecule has 1 unspecified atom stereocenters. The molecule has 0 bridgehead atoms. The number of aromatic nitrogens is 2. The summed E-state index contributed by atoms with van der Waals surface area (Å²) in [5.74, 6) is -1.05. The van der Waals surface area contributed by atoms with Crippen molar-refractivity contribution in [2.45, 2.75) is 25.1 Å². The molecule has 1 fully saturated rings. The van der Waals surface area contributed by atoms with E-state index < -0.39 is 29.4 Å². The van der Waals surface area contributed by atoms with Crippen molar-refractivity contribution < 1.29 is 22.8 Å². The summed E-state index contributed by atoms with van der Waals surface area (Å²) in [5.41, 5.74) is -1.68. The summed E-state index contributed by atoms with van der Waals surface area (Å²) in [5, 5.41) is 9.04. The zero-order valence-electron chi connectivity index (χ0n) is 13.3. The maximum atomic E-state index is 13.6. The first-order valence-electron chi connectivity index (χ1n) is 7.74. The number of benzene rings is 1. The predicted octanol–water partition coefficient (Wildman–Crippen LogP) is 2.55. The van der Waals surface area contributed by atoms with Crippen molar-refractivity contribution in [1.29, 1.82) is 0 Å². The fourth-order valence-electron chi connectivity index (χ4n) is 2.71. The van der Waals surface area contributed by atoms with Gasteiger partial charge in [0.1, 0.15) is 0 Å². The number of nitrogens with one attached hydrogen (secondary N) is 2. The number of carbonyl (C=O) groups is 2. The molecule has 0 spiro atoms. The van der Waals surface area contributed by atoms with Gasteiger partial charge in [-0.25, -0.2) is 4.68 Å². The van der Waals surface area contributed by atoms with E-state index in [0.29, 0.717) is 11.1 Å². The highest BCUT2D eigenvalue weighted by Crippen LogP contribution is 2.34. The van der Waals surface area contributed by atoms with Gasteiger partial charge in [-0.1, -0.05) is 17.7 Å². The summed E-state index contributed by atoms with van der Waals surface area (Å²) < 4.78 is 41.4. The minimum Gasteiger partial charge on any atom is -0.354 e. The van der Waals surface area contributed by atoms with Crippen LogP contribution in [0, 0.1) is 0 Å². The van der Waals surface area contributed by atoms with Gasteiger partial charge in [-0.05, 0) is 24.6 Å². The summed E-state index contributed by atoms with van der Waals surface area (Å²) in [6, 6.07) is 5.31. The summed E-state index contributed by atoms with van der Waals surface area (Å²) >= 11 is 5.84. The maximum Gasteiger partial charge on any atom is 0.434 e. The number of halogens is 4. The number of rotatable bonds is 3. The van der Waals surface area contributed by atoms with Crippen LogP contribution in [0.1, 0.15) is 28.9 Å². The minimum absolute atomic E-state index is 0.0915. The molecule has 2 N–H and O–H groups in total. The average Bonchev–Trinajstić information content (AvgIpc) is 3.02. The predicted molar refractivity (Wildman–Crippen MR) is 87.1 cm³/mol. The van der Waals surface area contributed by atoms with Crippen molar-refractivity contribution >= 4 is 23.4 Å². The maximum absolute atomic E-state index is 13.6. The largest absolute Gasteiger partial charge is 0.434 e. The van der Waals surface area contributed by atoms with Crippen molar-refractivity contribution in [3.8, 4) is 5.69 Å². The van der Waals surface area contributed by atoms with E-state index in [1.54, 1.807) is 0 Å². The molecular weight excluding hydrogens is 373 g/mol. The van der Waals surface area contributed by atoms with E-state index in [1.807, 2.05) is 0 Å². The second kappa shape index (κ2) is 6.99. The Balaban J connectivity index is 1.92. The first kappa shape index (κ1) is 18.2. The Bertz CT molecular complexity index is 840. The van der Waals surface area contributed by atoms with Crippen LogP contribution >= 0.6 is 11.6 Å². The lowest BCUT2D eigenvalue weighted by Crippen LogP contribution is -2.48. The molecule has 1 aromatic heterocycles. The van der Waals surface area contributed by atoms with Crippen LogP contribution in [0.5, 0.6) is 0 Å². The van der Waals surface area contributed by atoms with E-state index in [9.17, 15) is 22.8 Å². The summed E-state index contributed by atoms with van der Waals surface area (Å²) in [6.07, 6.45) is -3.35. The molecule has 1 atom stereocenters. The minimum atomic E-state index is -4.80. The first-order valence-corrected chi connectivity index (χ1v) is 8.12. The SMILES string of the molecule is O=C1CCC(NC(=O)c2cnn(-c3cccc(Cl)c3)c2C(F)(F)F)CN1. The normalized spacial score (nSPS) is 17.7. The quantitative estimate of drug-likeness (QED) is 0.851. The van der Waals surface area contributed by atoms with Gasteiger partial charge in [-0.2, -0.15) is 18.3 Å². The van der Waals surface area contributed by atoms with Gasteiger partial charge in [0, 0.05) is 24.0 Å². The molecule has 1 aliphatic heterocycles. The number of amides is 2. The lowest BCUT2D eigenvalue weighted by molar-refractivity contribution is -0.143. The van der Waals surface area contributed by atoms with Crippen LogP contribution in [0.3, 0.4) is 0 Å². The fraction of sp³-hybridized carbons (Fsp3) is 0.312. The van der Waals surface area contributed by atoms with Crippen LogP contribution < -0.4 is 10.6 Å². The second-order valence-electron chi connectivity index (χ2n) is 5.81. The third-order valence-corrected chi connectivity index (χ3v) is 4.17. The molecule has 1 saturated heterocycles. The first-order chi connectivity index (χ1) is 12.3. The van der Waals surface area contributed by atoms with Crippen molar-refractivity contribution in [3.63, 3.8) is 0 Å². The standard InChI is InChI=1S/C16H14ClF3N4O2/c17-9-2-1-3-11(6-9)24-14(16(18,19)20)12(8-22-24)15(26)23-10-4-5-13(25)21-7-10/h1-3,6,8,10H,4-5,7H2,(H,21,25)(H,23,26). The molecule has 26 heavy (non-hydrogen) atoms. The number of piperidine rings is 1. The molecule has 2 amide bonds. The number of carbonyl (C=O) groups excluding carboxylic acids is 2. The molecule has 6 nitrogen and oxygen atoms in total. The van der Waals surface area contributed by atoms with Crippen LogP contribution in [-0.4, -0.2) is 34.2 Å². The Morgan fingerprint density at radius 1 is 1.38 bits per heavy atom.